The van der Waals surface area contributed by atoms with Crippen molar-refractivity contribution in [1.29, 1.82) is 0 Å². The first kappa shape index (κ1) is 6.95. The predicted molar refractivity (Wildman–Crippen MR) is 36.6 cm³/mol. The Morgan fingerprint density at radius 3 is 2.75 bits per heavy atom. The quantitative estimate of drug-likeness (QED) is 0.419. The van der Waals surface area contributed by atoms with Crippen LogP contribution in [0.2, 0.25) is 0 Å². The molecule has 0 aliphatic heterocycles. The van der Waals surface area contributed by atoms with Crippen molar-refractivity contribution < 1.29 is 0 Å². The summed E-state index contributed by atoms with van der Waals surface area (Å²) in [6.07, 6.45) is 4.76. The van der Waals surface area contributed by atoms with Crippen molar-refractivity contribution in [2.45, 2.75) is 6.92 Å². The molecular weight excluding hydrogens is 100 g/mol. The fourth-order valence-corrected chi connectivity index (χ4v) is 0.213. The van der Waals surface area contributed by atoms with E-state index in [1.807, 2.05) is 6.92 Å². The topological polar surface area (TPSA) is 38.4 Å². The Morgan fingerprint density at radius 2 is 2.38 bits per heavy atom. The minimum Gasteiger partial charge on any atom is -0.398 e. The molecule has 0 aromatic rings. The van der Waals surface area contributed by atoms with Crippen LogP contribution in [0.25, 0.3) is 0 Å². The maximum Gasteiger partial charge on any atom is 0.0493 e. The van der Waals surface area contributed by atoms with Crippen molar-refractivity contribution in [2.24, 2.45) is 10.7 Å². The monoisotopic (exact) mass is 110 g/mol. The number of nitrogens with zero attached hydrogens (tertiary/aromatic N) is 1. The molecule has 0 aliphatic rings. The maximum absolute atomic E-state index is 5.29. The van der Waals surface area contributed by atoms with Gasteiger partial charge in [0.2, 0.25) is 0 Å². The first-order valence-corrected chi connectivity index (χ1v) is 2.37. The summed E-state index contributed by atoms with van der Waals surface area (Å²) < 4.78 is 0. The zero-order valence-electron chi connectivity index (χ0n) is 4.96. The zero-order valence-corrected chi connectivity index (χ0v) is 4.96. The Kier molecular flexibility index (Phi) is 3.58. The van der Waals surface area contributed by atoms with Crippen LogP contribution in [0.4, 0.5) is 0 Å². The second-order valence-corrected chi connectivity index (χ2v) is 1.24. The van der Waals surface area contributed by atoms with Crippen LogP contribution in [0.5, 0.6) is 0 Å². The van der Waals surface area contributed by atoms with Gasteiger partial charge in [0.1, 0.15) is 0 Å². The van der Waals surface area contributed by atoms with E-state index in [2.05, 4.69) is 11.6 Å². The summed E-state index contributed by atoms with van der Waals surface area (Å²) in [4.78, 5) is 3.76. The summed E-state index contributed by atoms with van der Waals surface area (Å²) in [6, 6.07) is 0. The molecule has 2 heteroatoms. The van der Waals surface area contributed by atoms with Crippen LogP contribution in [-0.4, -0.2) is 6.21 Å². The van der Waals surface area contributed by atoms with E-state index in [4.69, 9.17) is 5.73 Å². The van der Waals surface area contributed by atoms with Crippen molar-refractivity contribution in [3.63, 3.8) is 0 Å². The smallest absolute Gasteiger partial charge is 0.0493 e. The molecule has 0 bridgehead atoms. The number of allylic oxidation sites excluding steroid dienone is 1. The summed E-state index contributed by atoms with van der Waals surface area (Å²) in [5.41, 5.74) is 5.87. The molecule has 0 aliphatic carbocycles. The highest BCUT2D eigenvalue weighted by Gasteiger charge is 1.71. The van der Waals surface area contributed by atoms with E-state index >= 15 is 0 Å². The van der Waals surface area contributed by atoms with E-state index in [1.54, 1.807) is 18.5 Å². The number of rotatable bonds is 2. The van der Waals surface area contributed by atoms with Crippen molar-refractivity contribution in [3.8, 4) is 0 Å². The molecule has 0 aromatic carbocycles. The van der Waals surface area contributed by atoms with Gasteiger partial charge >= 0.3 is 0 Å². The lowest BCUT2D eigenvalue weighted by Gasteiger charge is -1.82. The summed E-state index contributed by atoms with van der Waals surface area (Å²) >= 11 is 0. The van der Waals surface area contributed by atoms with Gasteiger partial charge in [-0.1, -0.05) is 6.58 Å². The molecular formula is C6H10N2. The lowest BCUT2D eigenvalue weighted by molar-refractivity contribution is 1.37. The molecule has 0 aromatic heterocycles. The van der Waals surface area contributed by atoms with Gasteiger partial charge in [0.05, 0.1) is 0 Å². The average molecular weight is 110 g/mol. The Labute approximate surface area is 49.4 Å². The number of hydrogen-bond acceptors (Lipinski definition) is 2. The highest BCUT2D eigenvalue weighted by atomic mass is 14.7. The normalized spacial score (nSPS) is 12.4. The van der Waals surface area contributed by atoms with Gasteiger partial charge in [0.15, 0.2) is 0 Å². The van der Waals surface area contributed by atoms with E-state index in [0.717, 1.165) is 0 Å². The summed E-state index contributed by atoms with van der Waals surface area (Å²) in [5.74, 6) is 0. The number of aliphatic imine (C=N–C) groups is 1. The van der Waals surface area contributed by atoms with Crippen LogP contribution < -0.4 is 5.73 Å². The fraction of sp³-hybridized carbons (Fsp3) is 0.167. The summed E-state index contributed by atoms with van der Waals surface area (Å²) in [7, 11) is 0. The lowest BCUT2D eigenvalue weighted by atomic mass is 10.5. The second-order valence-electron chi connectivity index (χ2n) is 1.24. The van der Waals surface area contributed by atoms with Gasteiger partial charge in [-0.25, -0.2) is 0 Å². The van der Waals surface area contributed by atoms with Crippen molar-refractivity contribution >= 4 is 6.21 Å². The highest BCUT2D eigenvalue weighted by molar-refractivity contribution is 5.54. The maximum atomic E-state index is 5.29. The highest BCUT2D eigenvalue weighted by Crippen LogP contribution is 1.82. The van der Waals surface area contributed by atoms with Crippen LogP contribution in [0.1, 0.15) is 6.92 Å². The van der Waals surface area contributed by atoms with Crippen molar-refractivity contribution in [3.05, 3.63) is 24.6 Å². The molecule has 44 valence electrons. The lowest BCUT2D eigenvalue weighted by Crippen LogP contribution is -1.89. The van der Waals surface area contributed by atoms with E-state index in [9.17, 15) is 0 Å². The van der Waals surface area contributed by atoms with Gasteiger partial charge in [-0.05, 0) is 13.0 Å². The molecule has 2 N–H and O–H groups in total. The zero-order chi connectivity index (χ0) is 6.41. The Morgan fingerprint density at radius 1 is 1.75 bits per heavy atom. The third-order valence-electron chi connectivity index (χ3n) is 0.608. The Bertz CT molecular complexity index is 122. The minimum absolute atomic E-state index is 0.586. The number of hydrogen-bond donors (Lipinski definition) is 1. The minimum atomic E-state index is 0.586. The van der Waals surface area contributed by atoms with E-state index < -0.39 is 0 Å². The van der Waals surface area contributed by atoms with Gasteiger partial charge in [-0.3, -0.25) is 4.99 Å². The first-order valence-electron chi connectivity index (χ1n) is 2.37. The molecule has 0 heterocycles. The third-order valence-corrected chi connectivity index (χ3v) is 0.608. The van der Waals surface area contributed by atoms with Crippen LogP contribution >= 0.6 is 0 Å². The first-order chi connectivity index (χ1) is 3.81. The van der Waals surface area contributed by atoms with E-state index in [0.29, 0.717) is 5.70 Å². The van der Waals surface area contributed by atoms with Crippen molar-refractivity contribution in [2.75, 3.05) is 0 Å². The molecule has 0 saturated carbocycles. The molecule has 0 fully saturated rings. The van der Waals surface area contributed by atoms with E-state index in [1.165, 1.54) is 0 Å². The largest absolute Gasteiger partial charge is 0.398 e. The molecule has 0 rings (SSSR count). The van der Waals surface area contributed by atoms with Gasteiger partial charge in [0.25, 0.3) is 0 Å². The summed E-state index contributed by atoms with van der Waals surface area (Å²) in [6.45, 7) is 5.27. The Hall–Kier alpha value is -1.05. The molecule has 0 saturated heterocycles. The molecule has 0 atom stereocenters. The average Bonchev–Trinajstić information content (AvgIpc) is 1.83. The molecule has 0 unspecified atom stereocenters. The van der Waals surface area contributed by atoms with Crippen LogP contribution in [-0.2, 0) is 0 Å². The van der Waals surface area contributed by atoms with Crippen molar-refractivity contribution in [1.82, 2.24) is 0 Å². The number of nitrogens with two attached hydrogens (primary N) is 1. The second kappa shape index (κ2) is 4.12. The van der Waals surface area contributed by atoms with Crippen LogP contribution in [0.3, 0.4) is 0 Å². The predicted octanol–water partition coefficient (Wildman–Crippen LogP) is 1.06. The molecule has 0 amide bonds. The fourth-order valence-electron chi connectivity index (χ4n) is 0.213. The Balaban J connectivity index is 3.74. The van der Waals surface area contributed by atoms with Crippen LogP contribution in [0, 0.1) is 0 Å². The molecule has 8 heavy (non-hydrogen) atoms. The van der Waals surface area contributed by atoms with Gasteiger partial charge in [-0.15, -0.1) is 0 Å². The van der Waals surface area contributed by atoms with Gasteiger partial charge < -0.3 is 5.73 Å². The van der Waals surface area contributed by atoms with Gasteiger partial charge in [0, 0.05) is 18.1 Å². The SMILES string of the molecule is C=C/C(N)=C\N=C/C. The van der Waals surface area contributed by atoms with Crippen LogP contribution in [0.15, 0.2) is 29.5 Å². The van der Waals surface area contributed by atoms with Gasteiger partial charge in [-0.2, -0.15) is 0 Å². The summed E-state index contributed by atoms with van der Waals surface area (Å²) in [5, 5.41) is 0. The standard InChI is InChI=1S/C6H10N2/c1-3-6(7)5-8-4-2/h3-5H,1,7H2,2H3/b6-5+,8-4-. The molecule has 2 nitrogen and oxygen atoms in total. The molecule has 0 spiro atoms. The third kappa shape index (κ3) is 3.15. The molecule has 0 radical (unpaired) electrons. The van der Waals surface area contributed by atoms with E-state index in [-0.39, 0.29) is 0 Å².